The molecule has 0 radical (unpaired) electrons. The number of rotatable bonds is 5. The number of anilines is 1. The summed E-state index contributed by atoms with van der Waals surface area (Å²) in [7, 11) is 0. The average molecular weight is 459 g/mol. The summed E-state index contributed by atoms with van der Waals surface area (Å²) in [6.07, 6.45) is 0.296. The molecule has 0 unspecified atom stereocenters. The molecule has 1 atom stereocenters. The third-order valence-electron chi connectivity index (χ3n) is 5.11. The van der Waals surface area contributed by atoms with Crippen LogP contribution in [-0.2, 0) is 4.79 Å². The lowest BCUT2D eigenvalue weighted by Crippen LogP contribution is -2.24. The smallest absolute Gasteiger partial charge is 0.248 e. The summed E-state index contributed by atoms with van der Waals surface area (Å²) in [6.45, 7) is 0.435. The zero-order chi connectivity index (χ0) is 22.1. The zero-order valence-electron chi connectivity index (χ0n) is 16.1. The number of primary amides is 1. The fourth-order valence-electron chi connectivity index (χ4n) is 3.53. The molecule has 31 heavy (non-hydrogen) atoms. The molecule has 1 aliphatic rings. The van der Waals surface area contributed by atoms with Gasteiger partial charge in [0.05, 0.1) is 10.0 Å². The van der Waals surface area contributed by atoms with Crippen LogP contribution in [0.4, 0.5) is 10.1 Å². The molecule has 0 spiro atoms. The standard InChI is InChI=1S/C23H17Cl2FN2O3/c24-18-6-4-13(9-21(18)31-17-5-7-20(26)19(25)11-17)15-10-22(29)28(12-15)16-3-1-2-14(8-16)23(27)30/h1-9,11,15H,10,12H2,(H2,27,30)/t15-/m0/s1. The molecule has 1 fully saturated rings. The van der Waals surface area contributed by atoms with Gasteiger partial charge in [0.25, 0.3) is 0 Å². The van der Waals surface area contributed by atoms with Gasteiger partial charge < -0.3 is 15.4 Å². The van der Waals surface area contributed by atoms with E-state index < -0.39 is 11.7 Å². The first-order chi connectivity index (χ1) is 14.8. The Hall–Kier alpha value is -3.09. The van der Waals surface area contributed by atoms with Crippen molar-refractivity contribution in [2.24, 2.45) is 5.73 Å². The van der Waals surface area contributed by atoms with E-state index in [0.717, 1.165) is 5.56 Å². The van der Waals surface area contributed by atoms with Crippen molar-refractivity contribution in [3.63, 3.8) is 0 Å². The van der Waals surface area contributed by atoms with E-state index >= 15 is 0 Å². The predicted molar refractivity (Wildman–Crippen MR) is 118 cm³/mol. The van der Waals surface area contributed by atoms with E-state index in [1.807, 2.05) is 6.07 Å². The van der Waals surface area contributed by atoms with Crippen LogP contribution in [0.2, 0.25) is 10.0 Å². The summed E-state index contributed by atoms with van der Waals surface area (Å²) in [5, 5.41) is 0.319. The number of nitrogens with zero attached hydrogens (tertiary/aromatic N) is 1. The van der Waals surface area contributed by atoms with Crippen LogP contribution in [-0.4, -0.2) is 18.4 Å². The quantitative estimate of drug-likeness (QED) is 0.544. The first-order valence-electron chi connectivity index (χ1n) is 9.44. The van der Waals surface area contributed by atoms with Crippen LogP contribution in [0.25, 0.3) is 0 Å². The minimum atomic E-state index is -0.551. The number of benzene rings is 3. The van der Waals surface area contributed by atoms with E-state index in [-0.39, 0.29) is 16.8 Å². The van der Waals surface area contributed by atoms with E-state index in [4.69, 9.17) is 33.7 Å². The fourth-order valence-corrected chi connectivity index (χ4v) is 3.85. The second-order valence-electron chi connectivity index (χ2n) is 7.19. The van der Waals surface area contributed by atoms with Crippen molar-refractivity contribution in [1.82, 2.24) is 0 Å². The van der Waals surface area contributed by atoms with Gasteiger partial charge in [-0.1, -0.05) is 35.3 Å². The minimum Gasteiger partial charge on any atom is -0.456 e. The maximum absolute atomic E-state index is 13.4. The number of carbonyl (C=O) groups is 2. The van der Waals surface area contributed by atoms with Crippen molar-refractivity contribution >= 4 is 40.7 Å². The Bertz CT molecular complexity index is 1190. The highest BCUT2D eigenvalue weighted by atomic mass is 35.5. The van der Waals surface area contributed by atoms with Crippen LogP contribution in [0.5, 0.6) is 11.5 Å². The van der Waals surface area contributed by atoms with E-state index in [0.29, 0.717) is 40.7 Å². The molecule has 3 aromatic carbocycles. The maximum atomic E-state index is 13.4. The molecule has 1 aliphatic heterocycles. The molecular formula is C23H17Cl2FN2O3. The molecule has 4 rings (SSSR count). The second kappa shape index (κ2) is 8.57. The molecule has 1 saturated heterocycles. The van der Waals surface area contributed by atoms with Crippen LogP contribution in [0.15, 0.2) is 60.7 Å². The van der Waals surface area contributed by atoms with Gasteiger partial charge in [0.15, 0.2) is 0 Å². The third-order valence-corrected chi connectivity index (χ3v) is 5.71. The van der Waals surface area contributed by atoms with Crippen molar-refractivity contribution in [2.75, 3.05) is 11.4 Å². The zero-order valence-corrected chi connectivity index (χ0v) is 17.7. The van der Waals surface area contributed by atoms with Crippen molar-refractivity contribution < 1.29 is 18.7 Å². The SMILES string of the molecule is NC(=O)c1cccc(N2C[C@@H](c3ccc(Cl)c(Oc4ccc(F)c(Cl)c4)c3)CC2=O)c1. The molecule has 2 N–H and O–H groups in total. The van der Waals surface area contributed by atoms with E-state index in [9.17, 15) is 14.0 Å². The lowest BCUT2D eigenvalue weighted by molar-refractivity contribution is -0.117. The molecule has 0 aromatic heterocycles. The van der Waals surface area contributed by atoms with Crippen LogP contribution in [0.1, 0.15) is 28.3 Å². The average Bonchev–Trinajstić information content (AvgIpc) is 3.14. The maximum Gasteiger partial charge on any atom is 0.248 e. The van der Waals surface area contributed by atoms with E-state index in [1.165, 1.54) is 18.2 Å². The number of carbonyl (C=O) groups excluding carboxylic acids is 2. The summed E-state index contributed by atoms with van der Waals surface area (Å²) in [4.78, 5) is 25.7. The summed E-state index contributed by atoms with van der Waals surface area (Å²) < 4.78 is 19.2. The molecule has 8 heteroatoms. The van der Waals surface area contributed by atoms with Gasteiger partial charge in [-0.2, -0.15) is 0 Å². The number of hydrogen-bond donors (Lipinski definition) is 1. The van der Waals surface area contributed by atoms with Gasteiger partial charge in [0.2, 0.25) is 11.8 Å². The number of ether oxygens (including phenoxy) is 1. The molecule has 5 nitrogen and oxygen atoms in total. The highest BCUT2D eigenvalue weighted by Crippen LogP contribution is 2.37. The first-order valence-corrected chi connectivity index (χ1v) is 10.2. The summed E-state index contributed by atoms with van der Waals surface area (Å²) in [5.41, 5.74) is 7.18. The summed E-state index contributed by atoms with van der Waals surface area (Å²) in [5.74, 6) is -0.527. The minimum absolute atomic E-state index is 0.0556. The van der Waals surface area contributed by atoms with Gasteiger partial charge in [-0.05, 0) is 48.0 Å². The topological polar surface area (TPSA) is 72.6 Å². The van der Waals surface area contributed by atoms with Crippen LogP contribution < -0.4 is 15.4 Å². The third kappa shape index (κ3) is 4.50. The molecule has 1 heterocycles. The largest absolute Gasteiger partial charge is 0.456 e. The van der Waals surface area contributed by atoms with Gasteiger partial charge in [0, 0.05) is 36.2 Å². The monoisotopic (exact) mass is 458 g/mol. The van der Waals surface area contributed by atoms with Gasteiger partial charge in [0.1, 0.15) is 17.3 Å². The molecule has 158 valence electrons. The lowest BCUT2D eigenvalue weighted by Gasteiger charge is -2.18. The molecule has 0 bridgehead atoms. The molecule has 0 aliphatic carbocycles. The Morgan fingerprint density at radius 3 is 2.61 bits per heavy atom. The van der Waals surface area contributed by atoms with Gasteiger partial charge in [-0.3, -0.25) is 9.59 Å². The number of nitrogens with two attached hydrogens (primary N) is 1. The Labute approximate surface area is 188 Å². The number of amides is 2. The number of hydrogen-bond acceptors (Lipinski definition) is 3. The highest BCUT2D eigenvalue weighted by Gasteiger charge is 2.32. The highest BCUT2D eigenvalue weighted by molar-refractivity contribution is 6.32. The van der Waals surface area contributed by atoms with Crippen molar-refractivity contribution in [1.29, 1.82) is 0 Å². The van der Waals surface area contributed by atoms with E-state index in [1.54, 1.807) is 41.3 Å². The van der Waals surface area contributed by atoms with Crippen LogP contribution in [0, 0.1) is 5.82 Å². The molecule has 0 saturated carbocycles. The second-order valence-corrected chi connectivity index (χ2v) is 8.00. The molecule has 2 amide bonds. The first kappa shape index (κ1) is 21.2. The van der Waals surface area contributed by atoms with Crippen LogP contribution >= 0.6 is 23.2 Å². The molecular weight excluding hydrogens is 442 g/mol. The Balaban J connectivity index is 1.57. The Morgan fingerprint density at radius 1 is 1.06 bits per heavy atom. The van der Waals surface area contributed by atoms with Crippen LogP contribution in [0.3, 0.4) is 0 Å². The van der Waals surface area contributed by atoms with E-state index in [2.05, 4.69) is 0 Å². The summed E-state index contributed by atoms with van der Waals surface area (Å²) in [6, 6.07) is 16.0. The number of halogens is 3. The normalized spacial score (nSPS) is 15.9. The lowest BCUT2D eigenvalue weighted by atomic mass is 9.98. The van der Waals surface area contributed by atoms with Crippen molar-refractivity contribution in [2.45, 2.75) is 12.3 Å². The summed E-state index contributed by atoms with van der Waals surface area (Å²) >= 11 is 12.1. The molecule has 3 aromatic rings. The predicted octanol–water partition coefficient (Wildman–Crippen LogP) is 5.54. The fraction of sp³-hybridized carbons (Fsp3) is 0.130. The Morgan fingerprint density at radius 2 is 1.87 bits per heavy atom. The van der Waals surface area contributed by atoms with Crippen molar-refractivity contribution in [3.05, 3.63) is 87.7 Å². The van der Waals surface area contributed by atoms with Gasteiger partial charge >= 0.3 is 0 Å². The van der Waals surface area contributed by atoms with Crippen molar-refractivity contribution in [3.8, 4) is 11.5 Å². The van der Waals surface area contributed by atoms with Gasteiger partial charge in [-0.25, -0.2) is 4.39 Å². The Kier molecular flexibility index (Phi) is 5.85. The van der Waals surface area contributed by atoms with Gasteiger partial charge in [-0.15, -0.1) is 0 Å².